The summed E-state index contributed by atoms with van der Waals surface area (Å²) in [5.74, 6) is 0. The minimum absolute atomic E-state index is 0.380. The first-order valence-corrected chi connectivity index (χ1v) is 3.88. The van der Waals surface area contributed by atoms with Gasteiger partial charge in [-0.1, -0.05) is 18.3 Å². The molecule has 0 aromatic heterocycles. The monoisotopic (exact) mass is 154 g/mol. The highest BCUT2D eigenvalue weighted by Crippen LogP contribution is 2.33. The Morgan fingerprint density at radius 3 is 2.60 bits per heavy atom. The van der Waals surface area contributed by atoms with Crippen molar-refractivity contribution in [2.24, 2.45) is 0 Å². The summed E-state index contributed by atoms with van der Waals surface area (Å²) in [6.45, 7) is 7.61. The van der Waals surface area contributed by atoms with Crippen molar-refractivity contribution < 1.29 is 5.11 Å². The summed E-state index contributed by atoms with van der Waals surface area (Å²) in [6.07, 6.45) is 1.97. The number of hydrogen-bond acceptors (Lipinski definition) is 2. The second-order valence-electron chi connectivity index (χ2n) is 2.31. The molecule has 0 amide bonds. The van der Waals surface area contributed by atoms with Gasteiger partial charge in [0.15, 0.2) is 5.09 Å². The fourth-order valence-electron chi connectivity index (χ4n) is 0.749. The second-order valence-corrected chi connectivity index (χ2v) is 3.55. The normalized spacial score (nSPS) is 19.4. The summed E-state index contributed by atoms with van der Waals surface area (Å²) < 4.78 is 0. The maximum absolute atomic E-state index is 9.26. The van der Waals surface area contributed by atoms with Crippen molar-refractivity contribution in [2.45, 2.75) is 13.8 Å². The summed E-state index contributed by atoms with van der Waals surface area (Å²) in [5, 5.41) is 9.64. The summed E-state index contributed by atoms with van der Waals surface area (Å²) in [4.78, 5) is 1.09. The number of rotatable bonds is 0. The van der Waals surface area contributed by atoms with Gasteiger partial charge in [-0.15, -0.1) is 0 Å². The average Bonchev–Trinajstić information content (AvgIpc) is 1.82. The highest BCUT2D eigenvalue weighted by atomic mass is 32.2. The molecule has 0 atom stereocenters. The van der Waals surface area contributed by atoms with Crippen LogP contribution in [0.5, 0.6) is 0 Å². The predicted octanol–water partition coefficient (Wildman–Crippen LogP) is 2.98. The van der Waals surface area contributed by atoms with Crippen LogP contribution in [0.25, 0.3) is 0 Å². The second kappa shape index (κ2) is 2.54. The molecule has 54 valence electrons. The quantitative estimate of drug-likeness (QED) is 0.578. The van der Waals surface area contributed by atoms with Crippen molar-refractivity contribution in [3.8, 4) is 0 Å². The van der Waals surface area contributed by atoms with E-state index < -0.39 is 0 Å². The van der Waals surface area contributed by atoms with E-state index in [1.165, 1.54) is 11.8 Å². The molecule has 1 N–H and O–H groups in total. The summed E-state index contributed by atoms with van der Waals surface area (Å²) >= 11 is 1.39. The molecule has 0 saturated heterocycles. The van der Waals surface area contributed by atoms with E-state index in [0.717, 1.165) is 16.1 Å². The van der Waals surface area contributed by atoms with Crippen molar-refractivity contribution in [2.75, 3.05) is 0 Å². The van der Waals surface area contributed by atoms with Crippen LogP contribution in [0.2, 0.25) is 0 Å². The van der Waals surface area contributed by atoms with Crippen molar-refractivity contribution >= 4 is 11.8 Å². The van der Waals surface area contributed by atoms with Crippen LogP contribution in [0.3, 0.4) is 0 Å². The zero-order valence-electron chi connectivity index (χ0n) is 6.14. The van der Waals surface area contributed by atoms with Crippen LogP contribution in [-0.4, -0.2) is 5.11 Å². The first kappa shape index (κ1) is 7.48. The Balaban J connectivity index is 2.96. The maximum Gasteiger partial charge on any atom is 0.157 e. The Morgan fingerprint density at radius 1 is 1.50 bits per heavy atom. The fourth-order valence-corrected chi connectivity index (χ4v) is 1.54. The van der Waals surface area contributed by atoms with Crippen LogP contribution in [0, 0.1) is 0 Å². The van der Waals surface area contributed by atoms with Crippen LogP contribution < -0.4 is 0 Å². The third-order valence-corrected chi connectivity index (χ3v) is 2.38. The number of allylic oxidation sites excluding steroid dienone is 4. The Kier molecular flexibility index (Phi) is 1.90. The summed E-state index contributed by atoms with van der Waals surface area (Å²) in [5.41, 5.74) is 1.80. The van der Waals surface area contributed by atoms with Crippen molar-refractivity contribution in [3.05, 3.63) is 33.8 Å². The van der Waals surface area contributed by atoms with E-state index in [-0.39, 0.29) is 0 Å². The van der Waals surface area contributed by atoms with Gasteiger partial charge in [0.1, 0.15) is 0 Å². The van der Waals surface area contributed by atoms with E-state index in [1.807, 2.05) is 19.9 Å². The van der Waals surface area contributed by atoms with Crippen LogP contribution >= 0.6 is 11.8 Å². The molecular formula is C8H10OS. The minimum atomic E-state index is 0.380. The molecule has 0 aromatic carbocycles. The van der Waals surface area contributed by atoms with Gasteiger partial charge >= 0.3 is 0 Å². The maximum atomic E-state index is 9.26. The lowest BCUT2D eigenvalue weighted by atomic mass is 10.1. The molecule has 0 aliphatic carbocycles. The summed E-state index contributed by atoms with van der Waals surface area (Å²) in [7, 11) is 0. The van der Waals surface area contributed by atoms with Crippen molar-refractivity contribution in [3.63, 3.8) is 0 Å². The predicted molar refractivity (Wildman–Crippen MR) is 45.8 cm³/mol. The number of thioether (sulfide) groups is 1. The van der Waals surface area contributed by atoms with E-state index in [4.69, 9.17) is 0 Å². The molecule has 1 aliphatic rings. The topological polar surface area (TPSA) is 20.2 Å². The molecule has 1 rings (SSSR count). The van der Waals surface area contributed by atoms with Gasteiger partial charge in [-0.3, -0.25) is 0 Å². The molecule has 0 saturated carbocycles. The molecule has 0 aromatic rings. The average molecular weight is 154 g/mol. The molecule has 0 spiro atoms. The van der Waals surface area contributed by atoms with Gasteiger partial charge in [0.05, 0.1) is 0 Å². The number of aliphatic hydroxyl groups excluding tert-OH is 1. The lowest BCUT2D eigenvalue weighted by Gasteiger charge is -2.12. The lowest BCUT2D eigenvalue weighted by molar-refractivity contribution is 0.451. The molecule has 1 nitrogen and oxygen atoms in total. The third-order valence-electron chi connectivity index (χ3n) is 1.44. The van der Waals surface area contributed by atoms with Crippen LogP contribution in [0.4, 0.5) is 0 Å². The Morgan fingerprint density at radius 2 is 2.10 bits per heavy atom. The standard InChI is InChI=1S/C8H10OS/c1-5-4-6(2)10-8(9)7(5)3/h4,9H,1H2,2-3H3. The molecule has 0 bridgehead atoms. The summed E-state index contributed by atoms with van der Waals surface area (Å²) in [6, 6.07) is 0. The molecule has 1 heterocycles. The smallest absolute Gasteiger partial charge is 0.157 e. The fraction of sp³-hybridized carbons (Fsp3) is 0.250. The van der Waals surface area contributed by atoms with E-state index in [1.54, 1.807) is 0 Å². The van der Waals surface area contributed by atoms with Gasteiger partial charge < -0.3 is 5.11 Å². The van der Waals surface area contributed by atoms with Gasteiger partial charge in [-0.2, -0.15) is 0 Å². The molecule has 2 heteroatoms. The van der Waals surface area contributed by atoms with Gasteiger partial charge in [0.2, 0.25) is 0 Å². The molecule has 1 aliphatic heterocycles. The van der Waals surface area contributed by atoms with Crippen LogP contribution in [0.1, 0.15) is 13.8 Å². The molecular weight excluding hydrogens is 144 g/mol. The van der Waals surface area contributed by atoms with Gasteiger partial charge in [-0.05, 0) is 30.4 Å². The van der Waals surface area contributed by atoms with Crippen LogP contribution in [-0.2, 0) is 0 Å². The van der Waals surface area contributed by atoms with E-state index in [2.05, 4.69) is 6.58 Å². The SMILES string of the molecule is C=C1C=C(C)SC(O)=C1C. The first-order chi connectivity index (χ1) is 4.61. The van der Waals surface area contributed by atoms with E-state index in [9.17, 15) is 5.11 Å². The zero-order valence-corrected chi connectivity index (χ0v) is 6.96. The molecule has 0 fully saturated rings. The number of hydrogen-bond donors (Lipinski definition) is 1. The largest absolute Gasteiger partial charge is 0.502 e. The van der Waals surface area contributed by atoms with Gasteiger partial charge in [0, 0.05) is 5.57 Å². The highest BCUT2D eigenvalue weighted by Gasteiger charge is 2.10. The third kappa shape index (κ3) is 1.27. The molecule has 0 unspecified atom stereocenters. The van der Waals surface area contributed by atoms with E-state index in [0.29, 0.717) is 5.09 Å². The first-order valence-electron chi connectivity index (χ1n) is 3.06. The van der Waals surface area contributed by atoms with Gasteiger partial charge in [0.25, 0.3) is 0 Å². The van der Waals surface area contributed by atoms with Crippen molar-refractivity contribution in [1.82, 2.24) is 0 Å². The van der Waals surface area contributed by atoms with Crippen molar-refractivity contribution in [1.29, 1.82) is 0 Å². The Labute approximate surface area is 65.1 Å². The number of aliphatic hydroxyl groups is 1. The molecule has 0 radical (unpaired) electrons. The van der Waals surface area contributed by atoms with E-state index >= 15 is 0 Å². The van der Waals surface area contributed by atoms with Crippen LogP contribution in [0.15, 0.2) is 33.8 Å². The Bertz CT molecular complexity index is 236. The minimum Gasteiger partial charge on any atom is -0.502 e. The zero-order chi connectivity index (χ0) is 7.72. The Hall–Kier alpha value is -0.630. The molecule has 10 heavy (non-hydrogen) atoms. The van der Waals surface area contributed by atoms with Gasteiger partial charge in [-0.25, -0.2) is 0 Å². The highest BCUT2D eigenvalue weighted by molar-refractivity contribution is 8.06. The lowest BCUT2D eigenvalue weighted by Crippen LogP contribution is -1.91.